The van der Waals surface area contributed by atoms with E-state index in [1.165, 1.54) is 10.9 Å². The van der Waals surface area contributed by atoms with Gasteiger partial charge in [-0.1, -0.05) is 45.9 Å². The summed E-state index contributed by atoms with van der Waals surface area (Å²) >= 11 is 0. The van der Waals surface area contributed by atoms with Crippen LogP contribution < -0.4 is 5.32 Å². The van der Waals surface area contributed by atoms with Gasteiger partial charge in [0.2, 0.25) is 0 Å². The van der Waals surface area contributed by atoms with Crippen LogP contribution in [-0.2, 0) is 7.05 Å². The van der Waals surface area contributed by atoms with Crippen molar-refractivity contribution in [1.29, 1.82) is 0 Å². The van der Waals surface area contributed by atoms with E-state index in [-0.39, 0.29) is 5.91 Å². The van der Waals surface area contributed by atoms with Crippen molar-refractivity contribution in [3.05, 3.63) is 65.4 Å². The van der Waals surface area contributed by atoms with Gasteiger partial charge in [-0.05, 0) is 52.6 Å². The molecule has 2 aromatic carbocycles. The molecule has 0 fully saturated rings. The van der Waals surface area contributed by atoms with Crippen LogP contribution in [-0.4, -0.2) is 10.5 Å². The van der Waals surface area contributed by atoms with Crippen molar-refractivity contribution >= 4 is 22.5 Å². The molecule has 1 N–H and O–H groups in total. The van der Waals surface area contributed by atoms with Crippen LogP contribution in [0.25, 0.3) is 10.9 Å². The molecule has 3 aromatic rings. The van der Waals surface area contributed by atoms with Crippen molar-refractivity contribution in [3.8, 4) is 0 Å². The van der Waals surface area contributed by atoms with Crippen molar-refractivity contribution in [2.75, 3.05) is 5.32 Å². The number of benzene rings is 2. The van der Waals surface area contributed by atoms with E-state index in [0.717, 1.165) is 22.3 Å². The molecule has 25 heavy (non-hydrogen) atoms. The van der Waals surface area contributed by atoms with Crippen molar-refractivity contribution in [2.45, 2.75) is 39.5 Å². The first-order valence-corrected chi connectivity index (χ1v) is 8.87. The molecule has 1 aromatic heterocycles. The Balaban J connectivity index is 1.97. The Morgan fingerprint density at radius 1 is 1.00 bits per heavy atom. The fraction of sp³-hybridized carbons (Fsp3) is 0.318. The average Bonchev–Trinajstić information content (AvgIpc) is 2.94. The number of nitrogens with one attached hydrogen (secondary N) is 1. The van der Waals surface area contributed by atoms with Crippen LogP contribution in [0.3, 0.4) is 0 Å². The number of carbonyl (C=O) groups is 1. The van der Waals surface area contributed by atoms with E-state index >= 15 is 0 Å². The van der Waals surface area contributed by atoms with Gasteiger partial charge in [-0.2, -0.15) is 0 Å². The number of fused-ring (bicyclic) bond motifs is 1. The van der Waals surface area contributed by atoms with Crippen LogP contribution in [0.2, 0.25) is 0 Å². The van der Waals surface area contributed by atoms with Crippen molar-refractivity contribution < 1.29 is 4.79 Å². The van der Waals surface area contributed by atoms with E-state index < -0.39 is 0 Å². The zero-order chi connectivity index (χ0) is 18.1. The predicted molar refractivity (Wildman–Crippen MR) is 105 cm³/mol. The Labute approximate surface area is 149 Å². The third-order valence-corrected chi connectivity index (χ3v) is 4.73. The van der Waals surface area contributed by atoms with E-state index in [1.54, 1.807) is 0 Å². The Bertz CT molecular complexity index is 919. The molecule has 0 saturated heterocycles. The summed E-state index contributed by atoms with van der Waals surface area (Å²) < 4.78 is 2.06. The summed E-state index contributed by atoms with van der Waals surface area (Å²) in [6.45, 7) is 8.64. The molecule has 0 aliphatic carbocycles. The Hall–Kier alpha value is -2.55. The SMILES string of the molecule is CC(C)c1cccc(C(=O)Nc2ccc3ccn(C)c3c2)c1C(C)C. The van der Waals surface area contributed by atoms with Gasteiger partial charge in [0.1, 0.15) is 0 Å². The number of rotatable bonds is 4. The first-order chi connectivity index (χ1) is 11.9. The van der Waals surface area contributed by atoms with Crippen molar-refractivity contribution in [3.63, 3.8) is 0 Å². The minimum atomic E-state index is -0.0419. The Kier molecular flexibility index (Phi) is 4.67. The first-order valence-electron chi connectivity index (χ1n) is 8.87. The van der Waals surface area contributed by atoms with Gasteiger partial charge in [0.15, 0.2) is 0 Å². The summed E-state index contributed by atoms with van der Waals surface area (Å²) in [5, 5.41) is 4.25. The summed E-state index contributed by atoms with van der Waals surface area (Å²) in [5.74, 6) is 0.652. The van der Waals surface area contributed by atoms with E-state index in [9.17, 15) is 4.79 Å². The molecule has 0 saturated carbocycles. The zero-order valence-corrected chi connectivity index (χ0v) is 15.6. The summed E-state index contributed by atoms with van der Waals surface area (Å²) in [5.41, 5.74) is 5.10. The first kappa shape index (κ1) is 17.3. The molecule has 130 valence electrons. The number of aromatic nitrogens is 1. The van der Waals surface area contributed by atoms with Gasteiger partial charge in [-0.15, -0.1) is 0 Å². The number of carbonyl (C=O) groups excluding carboxylic acids is 1. The maximum atomic E-state index is 13.0. The summed E-state index contributed by atoms with van der Waals surface area (Å²) in [6.07, 6.45) is 2.03. The van der Waals surface area contributed by atoms with E-state index in [4.69, 9.17) is 0 Å². The number of hydrogen-bond acceptors (Lipinski definition) is 1. The monoisotopic (exact) mass is 334 g/mol. The summed E-state index contributed by atoms with van der Waals surface area (Å²) in [6, 6.07) is 14.1. The standard InChI is InChI=1S/C22H26N2O/c1-14(2)18-7-6-8-19(21(18)15(3)4)22(25)23-17-10-9-16-11-12-24(5)20(16)13-17/h6-15H,1-5H3,(H,23,25). The van der Waals surface area contributed by atoms with Gasteiger partial charge < -0.3 is 9.88 Å². The number of anilines is 1. The highest BCUT2D eigenvalue weighted by Gasteiger charge is 2.19. The quantitative estimate of drug-likeness (QED) is 0.654. The lowest BCUT2D eigenvalue weighted by Gasteiger charge is -2.20. The Morgan fingerprint density at radius 2 is 1.76 bits per heavy atom. The molecule has 0 atom stereocenters. The summed E-state index contributed by atoms with van der Waals surface area (Å²) in [7, 11) is 2.01. The normalized spacial score (nSPS) is 11.5. The molecular weight excluding hydrogens is 308 g/mol. The topological polar surface area (TPSA) is 34.0 Å². The minimum Gasteiger partial charge on any atom is -0.350 e. The number of aryl methyl sites for hydroxylation is 1. The van der Waals surface area contributed by atoms with Gasteiger partial charge in [0.05, 0.1) is 0 Å². The molecule has 3 nitrogen and oxygen atoms in total. The molecule has 1 heterocycles. The molecule has 3 rings (SSSR count). The van der Waals surface area contributed by atoms with Crippen LogP contribution >= 0.6 is 0 Å². The molecule has 1 amide bonds. The molecule has 3 heteroatoms. The van der Waals surface area contributed by atoms with Crippen LogP contribution in [0.4, 0.5) is 5.69 Å². The fourth-order valence-electron chi connectivity index (χ4n) is 3.47. The lowest BCUT2D eigenvalue weighted by molar-refractivity contribution is 0.102. The Morgan fingerprint density at radius 3 is 2.44 bits per heavy atom. The van der Waals surface area contributed by atoms with E-state index in [0.29, 0.717) is 11.8 Å². The van der Waals surface area contributed by atoms with Crippen molar-refractivity contribution in [1.82, 2.24) is 4.57 Å². The highest BCUT2D eigenvalue weighted by atomic mass is 16.1. The highest BCUT2D eigenvalue weighted by Crippen LogP contribution is 2.30. The third kappa shape index (κ3) is 3.32. The zero-order valence-electron chi connectivity index (χ0n) is 15.6. The molecule has 0 bridgehead atoms. The average molecular weight is 334 g/mol. The summed E-state index contributed by atoms with van der Waals surface area (Å²) in [4.78, 5) is 13.0. The molecule has 0 aliphatic rings. The van der Waals surface area contributed by atoms with Crippen LogP contribution in [0.15, 0.2) is 48.7 Å². The predicted octanol–water partition coefficient (Wildman–Crippen LogP) is 5.68. The highest BCUT2D eigenvalue weighted by molar-refractivity contribution is 6.06. The smallest absolute Gasteiger partial charge is 0.255 e. The van der Waals surface area contributed by atoms with Gasteiger partial charge in [-0.25, -0.2) is 0 Å². The lowest BCUT2D eigenvalue weighted by atomic mass is 9.86. The van der Waals surface area contributed by atoms with Crippen LogP contribution in [0, 0.1) is 0 Å². The van der Waals surface area contributed by atoms with Crippen LogP contribution in [0.1, 0.15) is 61.0 Å². The van der Waals surface area contributed by atoms with Crippen molar-refractivity contribution in [2.24, 2.45) is 7.05 Å². The second-order valence-corrected chi connectivity index (χ2v) is 7.27. The molecule has 0 spiro atoms. The van der Waals surface area contributed by atoms with E-state index in [1.807, 2.05) is 43.6 Å². The van der Waals surface area contributed by atoms with Gasteiger partial charge >= 0.3 is 0 Å². The maximum Gasteiger partial charge on any atom is 0.255 e. The van der Waals surface area contributed by atoms with Gasteiger partial charge in [0.25, 0.3) is 5.91 Å². The second kappa shape index (κ2) is 6.75. The van der Waals surface area contributed by atoms with Crippen LogP contribution in [0.5, 0.6) is 0 Å². The second-order valence-electron chi connectivity index (χ2n) is 7.27. The molecule has 0 radical (unpaired) electrons. The molecular formula is C22H26N2O. The number of amides is 1. The minimum absolute atomic E-state index is 0.0419. The lowest BCUT2D eigenvalue weighted by Crippen LogP contribution is -2.16. The maximum absolute atomic E-state index is 13.0. The third-order valence-electron chi connectivity index (χ3n) is 4.73. The molecule has 0 aliphatic heterocycles. The van der Waals surface area contributed by atoms with E-state index in [2.05, 4.69) is 49.7 Å². The number of hydrogen-bond donors (Lipinski definition) is 1. The molecule has 0 unspecified atom stereocenters. The van der Waals surface area contributed by atoms with Gasteiger partial charge in [0, 0.05) is 30.0 Å². The van der Waals surface area contributed by atoms with Gasteiger partial charge in [-0.3, -0.25) is 4.79 Å². The largest absolute Gasteiger partial charge is 0.350 e. The fourth-order valence-corrected chi connectivity index (χ4v) is 3.47. The number of nitrogens with zero attached hydrogens (tertiary/aromatic N) is 1.